The van der Waals surface area contributed by atoms with E-state index in [1.165, 1.54) is 7.05 Å². The Labute approximate surface area is 94.3 Å². The molecular weight excluding hydrogens is 206 g/mol. The number of amidine groups is 1. The van der Waals surface area contributed by atoms with E-state index in [0.717, 1.165) is 10.5 Å². The predicted octanol–water partition coefficient (Wildman–Crippen LogP) is 1.19. The van der Waals surface area contributed by atoms with Crippen LogP contribution in [0.15, 0.2) is 30.3 Å². The third-order valence-corrected chi connectivity index (χ3v) is 2.09. The number of nitrogens with two attached hydrogens (primary N) is 1. The number of nitrogens with one attached hydrogen (secondary N) is 1. The molecule has 1 aromatic rings. The molecule has 5 heteroatoms. The molecule has 1 aromatic carbocycles. The first-order chi connectivity index (χ1) is 7.61. The van der Waals surface area contributed by atoms with Gasteiger partial charge in [0.1, 0.15) is 12.4 Å². The van der Waals surface area contributed by atoms with Crippen molar-refractivity contribution in [2.45, 2.75) is 6.61 Å². The first-order valence-corrected chi connectivity index (χ1v) is 4.83. The van der Waals surface area contributed by atoms with Gasteiger partial charge in [0.2, 0.25) is 0 Å². The molecule has 0 fully saturated rings. The van der Waals surface area contributed by atoms with E-state index in [2.05, 4.69) is 0 Å². The van der Waals surface area contributed by atoms with Gasteiger partial charge in [-0.15, -0.1) is 0 Å². The summed E-state index contributed by atoms with van der Waals surface area (Å²) in [4.78, 5) is 11.8. The second-order valence-electron chi connectivity index (χ2n) is 3.32. The van der Waals surface area contributed by atoms with Crippen molar-refractivity contribution in [2.24, 2.45) is 5.73 Å². The van der Waals surface area contributed by atoms with Crippen molar-refractivity contribution < 1.29 is 9.53 Å². The van der Waals surface area contributed by atoms with Gasteiger partial charge in [0, 0.05) is 7.05 Å². The largest absolute Gasteiger partial charge is 0.369 e. The molecule has 5 nitrogen and oxygen atoms in total. The molecule has 0 spiro atoms. The molecule has 0 heterocycles. The molecule has 0 saturated carbocycles. The van der Waals surface area contributed by atoms with E-state index in [4.69, 9.17) is 15.9 Å². The number of rotatable bonds is 4. The highest BCUT2D eigenvalue weighted by Gasteiger charge is 2.09. The third-order valence-electron chi connectivity index (χ3n) is 2.09. The highest BCUT2D eigenvalue weighted by molar-refractivity contribution is 5.95. The van der Waals surface area contributed by atoms with E-state index in [1.54, 1.807) is 0 Å². The van der Waals surface area contributed by atoms with Crippen LogP contribution in [0.4, 0.5) is 4.79 Å². The van der Waals surface area contributed by atoms with Crippen LogP contribution < -0.4 is 5.73 Å². The summed E-state index contributed by atoms with van der Waals surface area (Å²) in [5, 5.41) is 7.49. The first-order valence-electron chi connectivity index (χ1n) is 4.83. The molecule has 3 N–H and O–H groups in total. The number of carbonyl (C=O) groups excluding carboxylic acids is 1. The minimum atomic E-state index is -0.659. The van der Waals surface area contributed by atoms with Gasteiger partial charge in [0.15, 0.2) is 0 Å². The lowest BCUT2D eigenvalue weighted by Gasteiger charge is -2.15. The van der Waals surface area contributed by atoms with Gasteiger partial charge in [0.25, 0.3) is 0 Å². The van der Waals surface area contributed by atoms with Crippen LogP contribution in [0, 0.1) is 5.41 Å². The van der Waals surface area contributed by atoms with Crippen molar-refractivity contribution in [1.82, 2.24) is 4.90 Å². The van der Waals surface area contributed by atoms with Crippen LogP contribution in [-0.2, 0) is 11.3 Å². The maximum Gasteiger partial charge on any atom is 0.319 e. The van der Waals surface area contributed by atoms with Crippen molar-refractivity contribution in [3.63, 3.8) is 0 Å². The molecule has 0 atom stereocenters. The van der Waals surface area contributed by atoms with E-state index in [-0.39, 0.29) is 12.4 Å². The monoisotopic (exact) mass is 221 g/mol. The van der Waals surface area contributed by atoms with E-state index in [1.807, 2.05) is 30.3 Å². The Morgan fingerprint density at radius 3 is 2.62 bits per heavy atom. The van der Waals surface area contributed by atoms with Gasteiger partial charge in [-0.05, 0) is 5.56 Å². The topological polar surface area (TPSA) is 79.4 Å². The molecule has 0 aromatic heterocycles. The number of nitrogens with zero attached hydrogens (tertiary/aromatic N) is 1. The lowest BCUT2D eigenvalue weighted by Crippen LogP contribution is -2.38. The molecule has 0 aliphatic rings. The average molecular weight is 221 g/mol. The van der Waals surface area contributed by atoms with Gasteiger partial charge in [-0.25, -0.2) is 4.79 Å². The van der Waals surface area contributed by atoms with Crippen LogP contribution in [0.3, 0.4) is 0 Å². The Morgan fingerprint density at radius 1 is 1.44 bits per heavy atom. The van der Waals surface area contributed by atoms with Crippen LogP contribution >= 0.6 is 0 Å². The Hall–Kier alpha value is -1.88. The zero-order valence-corrected chi connectivity index (χ0v) is 9.14. The fourth-order valence-corrected chi connectivity index (χ4v) is 1.07. The van der Waals surface area contributed by atoms with E-state index in [9.17, 15) is 4.79 Å². The maximum atomic E-state index is 10.7. The molecule has 16 heavy (non-hydrogen) atoms. The van der Waals surface area contributed by atoms with Crippen molar-refractivity contribution in [1.29, 1.82) is 5.41 Å². The van der Waals surface area contributed by atoms with Crippen LogP contribution in [0.2, 0.25) is 0 Å². The summed E-state index contributed by atoms with van der Waals surface area (Å²) in [6, 6.07) is 8.96. The van der Waals surface area contributed by atoms with Crippen molar-refractivity contribution in [3.05, 3.63) is 35.9 Å². The SMILES string of the molecule is CN(C(=N)COCc1ccccc1)C(N)=O. The number of urea groups is 1. The van der Waals surface area contributed by atoms with Crippen LogP contribution in [0.5, 0.6) is 0 Å². The fraction of sp³-hybridized carbons (Fsp3) is 0.273. The number of benzene rings is 1. The quantitative estimate of drug-likeness (QED) is 0.591. The standard InChI is InChI=1S/C11H15N3O2/c1-14(11(13)15)10(12)8-16-7-9-5-3-2-4-6-9/h2-6,12H,7-8H2,1H3,(H2,13,15). The van der Waals surface area contributed by atoms with E-state index < -0.39 is 6.03 Å². The normalized spacial score (nSPS) is 9.81. The Balaban J connectivity index is 2.31. The summed E-state index contributed by atoms with van der Waals surface area (Å²) in [6.07, 6.45) is 0. The van der Waals surface area contributed by atoms with Crippen molar-refractivity contribution in [2.75, 3.05) is 13.7 Å². The van der Waals surface area contributed by atoms with Gasteiger partial charge in [-0.1, -0.05) is 30.3 Å². The number of hydrogen-bond acceptors (Lipinski definition) is 3. The average Bonchev–Trinajstić information content (AvgIpc) is 2.29. The highest BCUT2D eigenvalue weighted by atomic mass is 16.5. The molecule has 0 aliphatic heterocycles. The van der Waals surface area contributed by atoms with Crippen molar-refractivity contribution in [3.8, 4) is 0 Å². The van der Waals surface area contributed by atoms with Crippen LogP contribution in [0.1, 0.15) is 5.56 Å². The number of likely N-dealkylation sites (N-methyl/N-ethyl adjacent to an activating group) is 1. The predicted molar refractivity (Wildman–Crippen MR) is 61.2 cm³/mol. The molecule has 0 aliphatic carbocycles. The summed E-state index contributed by atoms with van der Waals surface area (Å²) in [5.74, 6) is 0.0448. The van der Waals surface area contributed by atoms with Gasteiger partial charge in [0.05, 0.1) is 6.61 Å². The number of carbonyl (C=O) groups is 1. The van der Waals surface area contributed by atoms with Gasteiger partial charge >= 0.3 is 6.03 Å². The Morgan fingerprint density at radius 2 is 2.06 bits per heavy atom. The minimum absolute atomic E-state index is 0.0448. The molecule has 0 radical (unpaired) electrons. The summed E-state index contributed by atoms with van der Waals surface area (Å²) < 4.78 is 5.28. The number of hydrogen-bond donors (Lipinski definition) is 2. The fourth-order valence-electron chi connectivity index (χ4n) is 1.07. The molecule has 0 unspecified atom stereocenters. The smallest absolute Gasteiger partial charge is 0.319 e. The summed E-state index contributed by atoms with van der Waals surface area (Å²) in [7, 11) is 1.44. The highest BCUT2D eigenvalue weighted by Crippen LogP contribution is 2.00. The lowest BCUT2D eigenvalue weighted by atomic mass is 10.2. The Bertz CT molecular complexity index is 365. The second-order valence-corrected chi connectivity index (χ2v) is 3.32. The third kappa shape index (κ3) is 3.70. The van der Waals surface area contributed by atoms with E-state index >= 15 is 0 Å². The molecule has 86 valence electrons. The number of ether oxygens (including phenoxy) is 1. The molecule has 2 amide bonds. The minimum Gasteiger partial charge on any atom is -0.369 e. The summed E-state index contributed by atoms with van der Waals surface area (Å²) in [5.41, 5.74) is 6.04. The maximum absolute atomic E-state index is 10.7. The lowest BCUT2D eigenvalue weighted by molar-refractivity contribution is 0.151. The van der Waals surface area contributed by atoms with Gasteiger partial charge in [-0.3, -0.25) is 10.3 Å². The zero-order valence-electron chi connectivity index (χ0n) is 9.14. The first kappa shape index (κ1) is 12.2. The molecule has 0 bridgehead atoms. The zero-order chi connectivity index (χ0) is 12.0. The molecule has 1 rings (SSSR count). The van der Waals surface area contributed by atoms with Crippen LogP contribution in [0.25, 0.3) is 0 Å². The van der Waals surface area contributed by atoms with Crippen LogP contribution in [-0.4, -0.2) is 30.4 Å². The Kier molecular flexibility index (Phi) is 4.47. The summed E-state index contributed by atoms with van der Waals surface area (Å²) >= 11 is 0. The molecule has 0 saturated heterocycles. The van der Waals surface area contributed by atoms with Crippen molar-refractivity contribution >= 4 is 11.9 Å². The number of primary amides is 1. The van der Waals surface area contributed by atoms with Gasteiger partial charge in [-0.2, -0.15) is 0 Å². The van der Waals surface area contributed by atoms with E-state index in [0.29, 0.717) is 6.61 Å². The number of amides is 2. The molecular formula is C11H15N3O2. The van der Waals surface area contributed by atoms with Gasteiger partial charge < -0.3 is 10.5 Å². The second kappa shape index (κ2) is 5.87. The summed E-state index contributed by atoms with van der Waals surface area (Å²) in [6.45, 7) is 0.476.